The Bertz CT molecular complexity index is 463. The number of aliphatic imine (C=N–C) groups is 1. The minimum Gasteiger partial charge on any atom is -0.349 e. The third kappa shape index (κ3) is 2.72. The Morgan fingerprint density at radius 2 is 1.94 bits per heavy atom. The fourth-order valence-electron chi connectivity index (χ4n) is 1.51. The Hall–Kier alpha value is -0.801. The Morgan fingerprint density at radius 1 is 1.29 bits per heavy atom. The Morgan fingerprint density at radius 3 is 2.35 bits per heavy atom. The average molecular weight is 410 g/mol. The second-order valence-corrected chi connectivity index (χ2v) is 5.69. The van der Waals surface area contributed by atoms with Crippen molar-refractivity contribution < 1.29 is 20.1 Å². The number of hydrogen-bond acceptors (Lipinski definition) is 3. The van der Waals surface area contributed by atoms with Gasteiger partial charge < -0.3 is 14.7 Å². The number of hydrogen-bond donors (Lipinski definition) is 0. The van der Waals surface area contributed by atoms with Crippen molar-refractivity contribution in [3.63, 3.8) is 0 Å². The summed E-state index contributed by atoms with van der Waals surface area (Å²) in [6.07, 6.45) is 6.75. The van der Waals surface area contributed by atoms with Gasteiger partial charge in [-0.3, -0.25) is 0 Å². The molecule has 1 aliphatic heterocycles. The minimum atomic E-state index is -0.0979. The van der Waals surface area contributed by atoms with Crippen LogP contribution in [0.25, 0.3) is 0 Å². The van der Waals surface area contributed by atoms with E-state index in [9.17, 15) is 0 Å². The molecule has 0 amide bonds. The molecule has 1 radical (unpaired) electrons. The summed E-state index contributed by atoms with van der Waals surface area (Å²) in [5.41, 5.74) is -0.155. The summed E-state index contributed by atoms with van der Waals surface area (Å²) in [5.74, 6) is 1.66. The molecule has 0 bridgehead atoms. The van der Waals surface area contributed by atoms with Gasteiger partial charge in [0.1, 0.15) is 0 Å². The first kappa shape index (κ1) is 14.3. The summed E-state index contributed by atoms with van der Waals surface area (Å²) in [4.78, 5) is 8.54. The fourth-order valence-corrected chi connectivity index (χ4v) is 1.51. The standard InChI is InChI=1S/C12H17N4.Ir/c1-11(2,3)9-14-8-16(15-9)10-12(4,5)6-7-13-10;/h6-7H,1-5H3;/q-1;. The van der Waals surface area contributed by atoms with Crippen molar-refractivity contribution in [1.82, 2.24) is 14.8 Å². The molecule has 1 aliphatic rings. The zero-order valence-electron chi connectivity index (χ0n) is 10.8. The number of rotatable bonds is 0. The van der Waals surface area contributed by atoms with Crippen LogP contribution < -0.4 is 0 Å². The SMILES string of the molecule is CC1(C)C=CN=C1n1[c-]nc(C(C)(C)C)n1.[Ir]. The molecule has 1 aromatic heterocycles. The fraction of sp³-hybridized carbons (Fsp3) is 0.583. The third-order valence-corrected chi connectivity index (χ3v) is 2.58. The predicted molar refractivity (Wildman–Crippen MR) is 63.3 cm³/mol. The maximum Gasteiger partial charge on any atom is 0.0531 e. The molecule has 0 N–H and O–H groups in total. The van der Waals surface area contributed by atoms with Gasteiger partial charge in [-0.1, -0.05) is 40.7 Å². The van der Waals surface area contributed by atoms with Crippen LogP contribution in [0.15, 0.2) is 17.3 Å². The van der Waals surface area contributed by atoms with Crippen LogP contribution in [0.4, 0.5) is 0 Å². The van der Waals surface area contributed by atoms with E-state index in [2.05, 4.69) is 62.1 Å². The number of nitrogens with zero attached hydrogens (tertiary/aromatic N) is 4. The molecule has 0 unspecified atom stereocenters. The smallest absolute Gasteiger partial charge is 0.0531 e. The van der Waals surface area contributed by atoms with Crippen molar-refractivity contribution in [2.24, 2.45) is 10.4 Å². The zero-order valence-corrected chi connectivity index (χ0v) is 13.2. The monoisotopic (exact) mass is 410 g/mol. The van der Waals surface area contributed by atoms with E-state index in [0.717, 1.165) is 11.7 Å². The third-order valence-electron chi connectivity index (χ3n) is 2.58. The number of allylic oxidation sites excluding steroid dienone is 1. The molecule has 17 heavy (non-hydrogen) atoms. The summed E-state index contributed by atoms with van der Waals surface area (Å²) >= 11 is 0. The van der Waals surface area contributed by atoms with E-state index in [1.54, 1.807) is 4.68 Å². The number of aromatic nitrogens is 3. The van der Waals surface area contributed by atoms with Crippen LogP contribution in [0.1, 0.15) is 40.4 Å². The van der Waals surface area contributed by atoms with Crippen LogP contribution in [-0.2, 0) is 25.5 Å². The second kappa shape index (κ2) is 4.46. The first-order valence-corrected chi connectivity index (χ1v) is 5.42. The molecule has 2 heterocycles. The first-order chi connectivity index (χ1) is 7.31. The molecule has 1 aromatic rings. The van der Waals surface area contributed by atoms with Gasteiger partial charge in [-0.05, 0) is 10.8 Å². The molecule has 0 atom stereocenters. The van der Waals surface area contributed by atoms with Crippen LogP contribution in [0.5, 0.6) is 0 Å². The van der Waals surface area contributed by atoms with Gasteiger partial charge in [0.05, 0.1) is 5.82 Å². The Balaban J connectivity index is 0.00000144. The molecule has 0 fully saturated rings. The largest absolute Gasteiger partial charge is 0.349 e. The maximum absolute atomic E-state index is 4.44. The van der Waals surface area contributed by atoms with Crippen molar-refractivity contribution >= 4 is 5.84 Å². The topological polar surface area (TPSA) is 43.1 Å². The summed E-state index contributed by atoms with van der Waals surface area (Å²) in [6, 6.07) is 0. The summed E-state index contributed by atoms with van der Waals surface area (Å²) < 4.78 is 1.65. The molecule has 95 valence electrons. The average Bonchev–Trinajstić information content (AvgIpc) is 2.68. The minimum absolute atomic E-state index is 0. The van der Waals surface area contributed by atoms with E-state index in [1.165, 1.54) is 0 Å². The molecule has 4 nitrogen and oxygen atoms in total. The van der Waals surface area contributed by atoms with Crippen molar-refractivity contribution in [1.29, 1.82) is 0 Å². The summed E-state index contributed by atoms with van der Waals surface area (Å²) in [5, 5.41) is 4.44. The normalized spacial score (nSPS) is 17.8. The van der Waals surface area contributed by atoms with Crippen molar-refractivity contribution in [2.75, 3.05) is 0 Å². The van der Waals surface area contributed by atoms with Gasteiger partial charge in [-0.2, -0.15) is 0 Å². The molecular weight excluding hydrogens is 392 g/mol. The Labute approximate surface area is 116 Å². The van der Waals surface area contributed by atoms with Gasteiger partial charge >= 0.3 is 0 Å². The quantitative estimate of drug-likeness (QED) is 0.617. The van der Waals surface area contributed by atoms with Gasteiger partial charge in [0.2, 0.25) is 0 Å². The van der Waals surface area contributed by atoms with Gasteiger partial charge in [0.15, 0.2) is 0 Å². The van der Waals surface area contributed by atoms with Crippen LogP contribution in [0.3, 0.4) is 0 Å². The van der Waals surface area contributed by atoms with Crippen LogP contribution in [-0.4, -0.2) is 20.6 Å². The van der Waals surface area contributed by atoms with E-state index >= 15 is 0 Å². The molecule has 2 rings (SSSR count). The van der Waals surface area contributed by atoms with Crippen LogP contribution in [0, 0.1) is 11.7 Å². The molecule has 0 saturated heterocycles. The van der Waals surface area contributed by atoms with Crippen molar-refractivity contribution in [3.8, 4) is 0 Å². The van der Waals surface area contributed by atoms with Gasteiger partial charge in [0, 0.05) is 38.5 Å². The van der Waals surface area contributed by atoms with Crippen LogP contribution in [0.2, 0.25) is 0 Å². The molecule has 0 aromatic carbocycles. The van der Waals surface area contributed by atoms with E-state index in [1.807, 2.05) is 6.20 Å². The van der Waals surface area contributed by atoms with Gasteiger partial charge in [-0.15, -0.1) is 0 Å². The van der Waals surface area contributed by atoms with E-state index in [0.29, 0.717) is 0 Å². The first-order valence-electron chi connectivity index (χ1n) is 5.42. The van der Waals surface area contributed by atoms with Crippen molar-refractivity contribution in [2.45, 2.75) is 40.0 Å². The van der Waals surface area contributed by atoms with Crippen LogP contribution >= 0.6 is 0 Å². The predicted octanol–water partition coefficient (Wildman–Crippen LogP) is 2.17. The molecular formula is C12H17IrN4-. The summed E-state index contributed by atoms with van der Waals surface area (Å²) in [6.45, 7) is 10.4. The second-order valence-electron chi connectivity index (χ2n) is 5.69. The molecule has 0 spiro atoms. The molecule has 0 aliphatic carbocycles. The van der Waals surface area contributed by atoms with Gasteiger partial charge in [0.25, 0.3) is 0 Å². The van der Waals surface area contributed by atoms with E-state index in [4.69, 9.17) is 0 Å². The van der Waals surface area contributed by atoms with Gasteiger partial charge in [-0.25, -0.2) is 5.10 Å². The molecule has 0 saturated carbocycles. The maximum atomic E-state index is 4.44. The summed E-state index contributed by atoms with van der Waals surface area (Å²) in [7, 11) is 0. The van der Waals surface area contributed by atoms with E-state index < -0.39 is 0 Å². The van der Waals surface area contributed by atoms with Crippen molar-refractivity contribution in [3.05, 3.63) is 24.4 Å². The Kier molecular flexibility index (Phi) is 3.75. The zero-order chi connectivity index (χ0) is 12.0. The van der Waals surface area contributed by atoms with E-state index in [-0.39, 0.29) is 30.9 Å². The molecule has 5 heteroatoms.